The molecule has 0 bridgehead atoms. The van der Waals surface area contributed by atoms with Gasteiger partial charge in [0.1, 0.15) is 5.75 Å². The largest absolute Gasteiger partial charge is 0.497 e. The average molecular weight is 432 g/mol. The molecule has 3 aromatic carbocycles. The normalized spacial score (nSPS) is 14.4. The number of methoxy groups -OCH3 is 1. The molecule has 32 heavy (non-hydrogen) atoms. The summed E-state index contributed by atoms with van der Waals surface area (Å²) in [6.45, 7) is 3.62. The van der Waals surface area contributed by atoms with Gasteiger partial charge >= 0.3 is 0 Å². The van der Waals surface area contributed by atoms with Crippen molar-refractivity contribution in [2.75, 3.05) is 46.9 Å². The van der Waals surface area contributed by atoms with Crippen molar-refractivity contribution in [3.05, 3.63) is 77.9 Å². The minimum Gasteiger partial charge on any atom is -0.497 e. The highest BCUT2D eigenvalue weighted by Gasteiger charge is 2.24. The van der Waals surface area contributed by atoms with Gasteiger partial charge in [0.2, 0.25) is 5.91 Å². The number of nitrogens with zero attached hydrogens (tertiary/aromatic N) is 3. The van der Waals surface area contributed by atoms with E-state index in [4.69, 9.17) is 4.74 Å². The second kappa shape index (κ2) is 9.83. The number of rotatable bonds is 6. The van der Waals surface area contributed by atoms with Gasteiger partial charge < -0.3 is 14.5 Å². The summed E-state index contributed by atoms with van der Waals surface area (Å²) >= 11 is 0. The predicted octanol–water partition coefficient (Wildman–Crippen LogP) is 3.26. The van der Waals surface area contributed by atoms with Crippen LogP contribution in [0.3, 0.4) is 0 Å². The summed E-state index contributed by atoms with van der Waals surface area (Å²) in [5.41, 5.74) is 1.81. The molecule has 0 radical (unpaired) electrons. The number of piperazine rings is 1. The average Bonchev–Trinajstić information content (AvgIpc) is 2.84. The zero-order chi connectivity index (χ0) is 22.5. The van der Waals surface area contributed by atoms with Gasteiger partial charge in [0.15, 0.2) is 0 Å². The van der Waals surface area contributed by atoms with E-state index in [0.717, 1.165) is 22.1 Å². The van der Waals surface area contributed by atoms with E-state index in [2.05, 4.69) is 23.1 Å². The minimum atomic E-state index is 0.0580. The zero-order valence-corrected chi connectivity index (χ0v) is 18.7. The molecule has 1 aliphatic heterocycles. The molecule has 166 valence electrons. The highest BCUT2D eigenvalue weighted by atomic mass is 16.5. The number of amides is 2. The first kappa shape index (κ1) is 21.8. The van der Waals surface area contributed by atoms with E-state index >= 15 is 0 Å². The third kappa shape index (κ3) is 5.08. The summed E-state index contributed by atoms with van der Waals surface area (Å²) in [6.07, 6.45) is 0. The Labute approximate surface area is 189 Å². The lowest BCUT2D eigenvalue weighted by Gasteiger charge is -2.35. The molecule has 1 saturated heterocycles. The third-order valence-electron chi connectivity index (χ3n) is 6.00. The molecule has 1 heterocycles. The van der Waals surface area contributed by atoms with Gasteiger partial charge in [0, 0.05) is 45.3 Å². The van der Waals surface area contributed by atoms with Crippen molar-refractivity contribution in [2.45, 2.75) is 6.54 Å². The van der Waals surface area contributed by atoms with Gasteiger partial charge in [-0.1, -0.05) is 36.4 Å². The van der Waals surface area contributed by atoms with Crippen LogP contribution in [0, 0.1) is 0 Å². The van der Waals surface area contributed by atoms with Crippen LogP contribution in [-0.2, 0) is 11.3 Å². The second-order valence-corrected chi connectivity index (χ2v) is 8.23. The molecular formula is C26H29N3O3. The smallest absolute Gasteiger partial charge is 0.253 e. The minimum absolute atomic E-state index is 0.0580. The van der Waals surface area contributed by atoms with E-state index in [1.165, 1.54) is 0 Å². The van der Waals surface area contributed by atoms with Crippen LogP contribution in [0.4, 0.5) is 0 Å². The third-order valence-corrected chi connectivity index (χ3v) is 6.00. The van der Waals surface area contributed by atoms with Gasteiger partial charge in [-0.2, -0.15) is 0 Å². The molecule has 1 aliphatic rings. The number of fused-ring (bicyclic) bond motifs is 1. The molecule has 0 aromatic heterocycles. The number of ether oxygens (including phenoxy) is 1. The Morgan fingerprint density at radius 1 is 0.906 bits per heavy atom. The van der Waals surface area contributed by atoms with E-state index < -0.39 is 0 Å². The van der Waals surface area contributed by atoms with Gasteiger partial charge in [0.25, 0.3) is 5.91 Å². The maximum Gasteiger partial charge on any atom is 0.253 e. The van der Waals surface area contributed by atoms with Crippen molar-refractivity contribution in [1.29, 1.82) is 0 Å². The van der Waals surface area contributed by atoms with Crippen LogP contribution >= 0.6 is 0 Å². The summed E-state index contributed by atoms with van der Waals surface area (Å²) < 4.78 is 5.28. The summed E-state index contributed by atoms with van der Waals surface area (Å²) in [5, 5.41) is 2.24. The van der Waals surface area contributed by atoms with E-state index in [-0.39, 0.29) is 11.8 Å². The number of benzene rings is 3. The lowest BCUT2D eigenvalue weighted by molar-refractivity contribution is -0.132. The lowest BCUT2D eigenvalue weighted by Crippen LogP contribution is -2.51. The highest BCUT2D eigenvalue weighted by molar-refractivity contribution is 5.94. The van der Waals surface area contributed by atoms with Crippen molar-refractivity contribution in [1.82, 2.24) is 14.7 Å². The lowest BCUT2D eigenvalue weighted by atomic mass is 10.1. The molecular weight excluding hydrogens is 402 g/mol. The van der Waals surface area contributed by atoms with E-state index in [1.807, 2.05) is 60.5 Å². The van der Waals surface area contributed by atoms with Crippen LogP contribution in [0.1, 0.15) is 15.9 Å². The number of carbonyl (C=O) groups excluding carboxylic acids is 2. The molecule has 0 atom stereocenters. The SMILES string of the molecule is COc1ccc2cc(CN(C)C(=O)CN3CCN(C(=O)c4ccccc4)CC3)ccc2c1. The summed E-state index contributed by atoms with van der Waals surface area (Å²) in [6, 6.07) is 21.6. The second-order valence-electron chi connectivity index (χ2n) is 8.23. The van der Waals surface area contributed by atoms with Crippen LogP contribution in [0.2, 0.25) is 0 Å². The standard InChI is InChI=1S/C26H29N3O3/c1-27(18-20-8-9-23-17-24(32-2)11-10-22(23)16-20)25(30)19-28-12-14-29(15-13-28)26(31)21-6-4-3-5-7-21/h3-11,16-17H,12-15,18-19H2,1-2H3. The summed E-state index contributed by atoms with van der Waals surface area (Å²) in [4.78, 5) is 31.1. The molecule has 0 N–H and O–H groups in total. The molecule has 0 spiro atoms. The van der Waals surface area contributed by atoms with Crippen LogP contribution < -0.4 is 4.74 Å². The first-order valence-corrected chi connectivity index (χ1v) is 10.9. The van der Waals surface area contributed by atoms with Crippen molar-refractivity contribution in [3.8, 4) is 5.75 Å². The van der Waals surface area contributed by atoms with Crippen molar-refractivity contribution >= 4 is 22.6 Å². The Balaban J connectivity index is 1.29. The molecule has 3 aromatic rings. The Hall–Kier alpha value is -3.38. The molecule has 2 amide bonds. The number of likely N-dealkylation sites (N-methyl/N-ethyl adjacent to an activating group) is 1. The quantitative estimate of drug-likeness (QED) is 0.601. The predicted molar refractivity (Wildman–Crippen MR) is 126 cm³/mol. The van der Waals surface area contributed by atoms with Gasteiger partial charge in [-0.05, 0) is 46.7 Å². The molecule has 6 heteroatoms. The van der Waals surface area contributed by atoms with Crippen LogP contribution in [0.25, 0.3) is 10.8 Å². The van der Waals surface area contributed by atoms with Crippen molar-refractivity contribution in [2.24, 2.45) is 0 Å². The fourth-order valence-corrected chi connectivity index (χ4v) is 4.05. The zero-order valence-electron chi connectivity index (χ0n) is 18.7. The van der Waals surface area contributed by atoms with Crippen LogP contribution in [0.15, 0.2) is 66.7 Å². The first-order valence-electron chi connectivity index (χ1n) is 10.9. The van der Waals surface area contributed by atoms with Crippen LogP contribution in [0.5, 0.6) is 5.75 Å². The molecule has 4 rings (SSSR count). The first-order chi connectivity index (χ1) is 15.5. The fourth-order valence-electron chi connectivity index (χ4n) is 4.05. The number of hydrogen-bond donors (Lipinski definition) is 0. The Kier molecular flexibility index (Phi) is 6.71. The number of carbonyl (C=O) groups is 2. The molecule has 0 saturated carbocycles. The maximum absolute atomic E-state index is 12.8. The Bertz CT molecular complexity index is 1090. The van der Waals surface area contributed by atoms with Crippen LogP contribution in [-0.4, -0.2) is 73.4 Å². The van der Waals surface area contributed by atoms with Gasteiger partial charge in [0.05, 0.1) is 13.7 Å². The topological polar surface area (TPSA) is 53.1 Å². The van der Waals surface area contributed by atoms with E-state index in [1.54, 1.807) is 12.0 Å². The Morgan fingerprint density at radius 3 is 2.31 bits per heavy atom. The van der Waals surface area contributed by atoms with E-state index in [9.17, 15) is 9.59 Å². The van der Waals surface area contributed by atoms with Gasteiger partial charge in [-0.3, -0.25) is 14.5 Å². The molecule has 1 fully saturated rings. The van der Waals surface area contributed by atoms with E-state index in [0.29, 0.717) is 44.8 Å². The molecule has 6 nitrogen and oxygen atoms in total. The Morgan fingerprint density at radius 2 is 1.59 bits per heavy atom. The van der Waals surface area contributed by atoms with Crippen molar-refractivity contribution in [3.63, 3.8) is 0 Å². The highest BCUT2D eigenvalue weighted by Crippen LogP contribution is 2.22. The maximum atomic E-state index is 12.8. The molecule has 0 unspecified atom stereocenters. The summed E-state index contributed by atoms with van der Waals surface area (Å²) in [5.74, 6) is 0.980. The van der Waals surface area contributed by atoms with Gasteiger partial charge in [-0.25, -0.2) is 0 Å². The summed E-state index contributed by atoms with van der Waals surface area (Å²) in [7, 11) is 3.51. The van der Waals surface area contributed by atoms with Gasteiger partial charge in [-0.15, -0.1) is 0 Å². The van der Waals surface area contributed by atoms with Crippen molar-refractivity contribution < 1.29 is 14.3 Å². The fraction of sp³-hybridized carbons (Fsp3) is 0.308. The monoisotopic (exact) mass is 431 g/mol. The number of hydrogen-bond acceptors (Lipinski definition) is 4. The molecule has 0 aliphatic carbocycles.